The number of carbonyl (C=O) groups excluding carboxylic acids is 2. The topological polar surface area (TPSA) is 55.4 Å². The van der Waals surface area contributed by atoms with E-state index in [1.54, 1.807) is 31.2 Å². The van der Waals surface area contributed by atoms with Crippen LogP contribution in [0.2, 0.25) is 0 Å². The lowest BCUT2D eigenvalue weighted by Crippen LogP contribution is -2.35. The van der Waals surface area contributed by atoms with Gasteiger partial charge in [-0.25, -0.2) is 0 Å². The summed E-state index contributed by atoms with van der Waals surface area (Å²) in [6.07, 6.45) is -3.13. The van der Waals surface area contributed by atoms with E-state index < -0.39 is 35.3 Å². The normalized spacial score (nSPS) is 19.4. The van der Waals surface area contributed by atoms with Crippen molar-refractivity contribution in [3.8, 4) is 0 Å². The summed E-state index contributed by atoms with van der Waals surface area (Å²) in [4.78, 5) is 25.1. The van der Waals surface area contributed by atoms with Gasteiger partial charge in [0.25, 0.3) is 0 Å². The maximum Gasteiger partial charge on any atom is 0.418 e. The fraction of sp³-hybridized carbons (Fsp3) is 0.273. The minimum absolute atomic E-state index is 0.137. The zero-order valence-electron chi connectivity index (χ0n) is 15.7. The maximum absolute atomic E-state index is 13.3. The van der Waals surface area contributed by atoms with Crippen LogP contribution >= 0.6 is 0 Å². The number of ether oxygens (including phenoxy) is 1. The third-order valence-corrected chi connectivity index (χ3v) is 4.76. The Hall–Kier alpha value is -3.09. The van der Waals surface area contributed by atoms with Crippen molar-refractivity contribution in [3.63, 3.8) is 0 Å². The van der Waals surface area contributed by atoms with E-state index in [1.807, 2.05) is 6.07 Å². The number of ketones is 1. The molecule has 4 nitrogen and oxygen atoms in total. The lowest BCUT2D eigenvalue weighted by atomic mass is 9.76. The number of alkyl halides is 3. The molecule has 0 aromatic heterocycles. The Kier molecular flexibility index (Phi) is 6.06. The zero-order chi connectivity index (χ0) is 21.0. The van der Waals surface area contributed by atoms with E-state index in [9.17, 15) is 22.8 Å². The van der Waals surface area contributed by atoms with Gasteiger partial charge in [-0.2, -0.15) is 13.2 Å². The van der Waals surface area contributed by atoms with Crippen LogP contribution in [0, 0.1) is 5.92 Å². The van der Waals surface area contributed by atoms with Gasteiger partial charge >= 0.3 is 12.1 Å². The van der Waals surface area contributed by atoms with Gasteiger partial charge in [0.15, 0.2) is 5.78 Å². The Morgan fingerprint density at radius 2 is 1.76 bits per heavy atom. The standard InChI is InChI=1S/C22H20F3NO3/c1-2-29-21(28)20-16(14-8-4-3-5-9-14)12-15(13-19(20)27)26-18-11-7-6-10-17(18)22(23,24)25/h3-11,13,16,20,26H,2,12H2,1H3/t16-,20+/m0/s1. The highest BCUT2D eigenvalue weighted by atomic mass is 19.4. The first-order chi connectivity index (χ1) is 13.8. The molecule has 0 radical (unpaired) electrons. The largest absolute Gasteiger partial charge is 0.465 e. The number of nitrogens with one attached hydrogen (secondary N) is 1. The van der Waals surface area contributed by atoms with Gasteiger partial charge in [-0.3, -0.25) is 9.59 Å². The lowest BCUT2D eigenvalue weighted by molar-refractivity contribution is -0.151. The van der Waals surface area contributed by atoms with Gasteiger partial charge in [-0.15, -0.1) is 0 Å². The van der Waals surface area contributed by atoms with Crippen molar-refractivity contribution in [3.05, 3.63) is 77.5 Å². The molecule has 2 atom stereocenters. The van der Waals surface area contributed by atoms with E-state index in [1.165, 1.54) is 24.3 Å². The number of para-hydroxylation sites is 1. The maximum atomic E-state index is 13.3. The van der Waals surface area contributed by atoms with Crippen LogP contribution < -0.4 is 5.32 Å². The fourth-order valence-corrected chi connectivity index (χ4v) is 3.50. The van der Waals surface area contributed by atoms with Crippen molar-refractivity contribution in [1.82, 2.24) is 0 Å². The van der Waals surface area contributed by atoms with Crippen LogP contribution in [0.15, 0.2) is 66.4 Å². The van der Waals surface area contributed by atoms with Crippen molar-refractivity contribution >= 4 is 17.4 Å². The molecule has 0 heterocycles. The number of anilines is 1. The molecule has 2 aromatic carbocycles. The quantitative estimate of drug-likeness (QED) is 0.568. The molecule has 152 valence electrons. The summed E-state index contributed by atoms with van der Waals surface area (Å²) in [6.45, 7) is 1.79. The fourth-order valence-electron chi connectivity index (χ4n) is 3.50. The zero-order valence-corrected chi connectivity index (χ0v) is 15.7. The van der Waals surface area contributed by atoms with Gasteiger partial charge in [0, 0.05) is 17.7 Å². The molecule has 1 aliphatic carbocycles. The van der Waals surface area contributed by atoms with Crippen molar-refractivity contribution in [1.29, 1.82) is 0 Å². The number of rotatable bonds is 5. The van der Waals surface area contributed by atoms with Gasteiger partial charge in [0.05, 0.1) is 17.9 Å². The summed E-state index contributed by atoms with van der Waals surface area (Å²) in [5.41, 5.74) is 0.106. The summed E-state index contributed by atoms with van der Waals surface area (Å²) in [5, 5.41) is 2.75. The summed E-state index contributed by atoms with van der Waals surface area (Å²) < 4.78 is 44.9. The number of allylic oxidation sites excluding steroid dienone is 2. The summed E-state index contributed by atoms with van der Waals surface area (Å²) in [7, 11) is 0. The molecule has 0 saturated heterocycles. The molecule has 29 heavy (non-hydrogen) atoms. The number of esters is 1. The Bertz CT molecular complexity index is 922. The second-order valence-corrected chi connectivity index (χ2v) is 6.69. The predicted octanol–water partition coefficient (Wildman–Crippen LogP) is 4.94. The van der Waals surface area contributed by atoms with Crippen LogP contribution in [0.25, 0.3) is 0 Å². The molecule has 0 amide bonds. The minimum atomic E-state index is -4.53. The van der Waals surface area contributed by atoms with Gasteiger partial charge in [-0.1, -0.05) is 42.5 Å². The van der Waals surface area contributed by atoms with Crippen LogP contribution in [0.1, 0.15) is 30.4 Å². The van der Waals surface area contributed by atoms with Gasteiger partial charge in [0.1, 0.15) is 5.92 Å². The second kappa shape index (κ2) is 8.51. The van der Waals surface area contributed by atoms with E-state index >= 15 is 0 Å². The van der Waals surface area contributed by atoms with Crippen molar-refractivity contribution < 1.29 is 27.5 Å². The SMILES string of the molecule is CCOC(=O)[C@H]1C(=O)C=C(Nc2ccccc2C(F)(F)F)C[C@H]1c1ccccc1. The Morgan fingerprint density at radius 1 is 1.10 bits per heavy atom. The van der Waals surface area contributed by atoms with E-state index in [0.29, 0.717) is 5.70 Å². The van der Waals surface area contributed by atoms with E-state index in [2.05, 4.69) is 5.32 Å². The molecule has 0 spiro atoms. The van der Waals surface area contributed by atoms with Gasteiger partial charge in [-0.05, 0) is 31.0 Å². The summed E-state index contributed by atoms with van der Waals surface area (Å²) in [6, 6.07) is 14.0. The number of halogens is 3. The molecule has 7 heteroatoms. The minimum Gasteiger partial charge on any atom is -0.465 e. The van der Waals surface area contributed by atoms with Crippen LogP contribution in [0.3, 0.4) is 0 Å². The molecule has 0 aliphatic heterocycles. The van der Waals surface area contributed by atoms with Crippen molar-refractivity contribution in [2.24, 2.45) is 5.92 Å². The predicted molar refractivity (Wildman–Crippen MR) is 102 cm³/mol. The Labute approximate surface area is 166 Å². The lowest BCUT2D eigenvalue weighted by Gasteiger charge is -2.30. The van der Waals surface area contributed by atoms with Crippen LogP contribution in [-0.2, 0) is 20.5 Å². The first kappa shape index (κ1) is 20.6. The highest BCUT2D eigenvalue weighted by Gasteiger charge is 2.40. The first-order valence-electron chi connectivity index (χ1n) is 9.20. The molecule has 1 N–H and O–H groups in total. The second-order valence-electron chi connectivity index (χ2n) is 6.69. The smallest absolute Gasteiger partial charge is 0.418 e. The van der Waals surface area contributed by atoms with Crippen LogP contribution in [-0.4, -0.2) is 18.4 Å². The van der Waals surface area contributed by atoms with Crippen LogP contribution in [0.4, 0.5) is 18.9 Å². The number of hydrogen-bond donors (Lipinski definition) is 1. The van der Waals surface area contributed by atoms with E-state index in [4.69, 9.17) is 4.74 Å². The monoisotopic (exact) mass is 403 g/mol. The molecule has 3 rings (SSSR count). The average molecular weight is 403 g/mol. The van der Waals surface area contributed by atoms with E-state index in [-0.39, 0.29) is 18.7 Å². The highest BCUT2D eigenvalue weighted by molar-refractivity contribution is 6.07. The molecule has 0 bridgehead atoms. The van der Waals surface area contributed by atoms with Gasteiger partial charge in [0.2, 0.25) is 0 Å². The Morgan fingerprint density at radius 3 is 2.41 bits per heavy atom. The highest BCUT2D eigenvalue weighted by Crippen LogP contribution is 2.39. The molecule has 0 fully saturated rings. The van der Waals surface area contributed by atoms with Crippen molar-refractivity contribution in [2.45, 2.75) is 25.4 Å². The van der Waals surface area contributed by atoms with Gasteiger partial charge < -0.3 is 10.1 Å². The van der Waals surface area contributed by atoms with Crippen molar-refractivity contribution in [2.75, 3.05) is 11.9 Å². The first-order valence-corrected chi connectivity index (χ1v) is 9.20. The Balaban J connectivity index is 1.95. The molecular weight excluding hydrogens is 383 g/mol. The van der Waals surface area contributed by atoms with Crippen LogP contribution in [0.5, 0.6) is 0 Å². The number of carbonyl (C=O) groups is 2. The summed E-state index contributed by atoms with van der Waals surface area (Å²) in [5.74, 6) is -2.68. The number of hydrogen-bond acceptors (Lipinski definition) is 4. The summed E-state index contributed by atoms with van der Waals surface area (Å²) >= 11 is 0. The molecular formula is C22H20F3NO3. The van der Waals surface area contributed by atoms with E-state index in [0.717, 1.165) is 11.6 Å². The average Bonchev–Trinajstić information content (AvgIpc) is 2.68. The molecule has 1 aliphatic rings. The third kappa shape index (κ3) is 4.67. The molecule has 0 unspecified atom stereocenters. The number of benzene rings is 2. The third-order valence-electron chi connectivity index (χ3n) is 4.76. The molecule has 2 aromatic rings. The molecule has 0 saturated carbocycles.